The number of hydrogen-bond acceptors (Lipinski definition) is 4. The van der Waals surface area contributed by atoms with Gasteiger partial charge in [0.05, 0.1) is 0 Å². The number of nitrogens with one attached hydrogen (secondary N) is 1. The van der Waals surface area contributed by atoms with E-state index in [0.29, 0.717) is 19.3 Å². The Balaban J connectivity index is 0. The van der Waals surface area contributed by atoms with Crippen LogP contribution in [0.25, 0.3) is 0 Å². The molecule has 0 amide bonds. The molecule has 0 aliphatic heterocycles. The summed E-state index contributed by atoms with van der Waals surface area (Å²) < 4.78 is 0. The van der Waals surface area contributed by atoms with Gasteiger partial charge in [0.15, 0.2) is 17.3 Å². The summed E-state index contributed by atoms with van der Waals surface area (Å²) in [6.07, 6.45) is 34.0. The Morgan fingerprint density at radius 2 is 0.705 bits per heavy atom. The molecule has 0 aliphatic carbocycles. The summed E-state index contributed by atoms with van der Waals surface area (Å²) in [4.78, 5) is 41.6. The van der Waals surface area contributed by atoms with Crippen molar-refractivity contribution in [3.05, 3.63) is 12.3 Å². The van der Waals surface area contributed by atoms with Crippen LogP contribution in [0.3, 0.4) is 0 Å². The molecule has 0 heterocycles. The van der Waals surface area contributed by atoms with Gasteiger partial charge in [-0.2, -0.15) is 0 Å². The van der Waals surface area contributed by atoms with Gasteiger partial charge < -0.3 is 5.32 Å². The number of halogens is 1. The minimum absolute atomic E-state index is 0. The fraction of sp³-hybridized carbons (Fsp3) is 0.872. The van der Waals surface area contributed by atoms with E-state index in [1.54, 1.807) is 6.20 Å². The summed E-state index contributed by atoms with van der Waals surface area (Å²) in [5, 5.41) is 3.20. The van der Waals surface area contributed by atoms with Crippen LogP contribution in [-0.2, 0) is 14.4 Å². The number of Topliss-reactive ketones (excluding diaryl/α,β-unsaturated/α-hetero) is 3. The molecule has 0 saturated carbocycles. The quantitative estimate of drug-likeness (QED) is 0.0562. The van der Waals surface area contributed by atoms with Crippen molar-refractivity contribution in [1.82, 2.24) is 5.32 Å². The molecular weight excluding hydrogens is 566 g/mol. The number of ketones is 3. The highest BCUT2D eigenvalue weighted by molar-refractivity contribution is 6.29. The summed E-state index contributed by atoms with van der Waals surface area (Å²) in [7, 11) is 0. The summed E-state index contributed by atoms with van der Waals surface area (Å²) >= 11 is 0. The zero-order valence-electron chi connectivity index (χ0n) is 29.8. The fourth-order valence-electron chi connectivity index (χ4n) is 5.95. The normalized spacial score (nSPS) is 11.5. The Morgan fingerprint density at radius 3 is 1.02 bits per heavy atom. The van der Waals surface area contributed by atoms with Gasteiger partial charge in [0.25, 0.3) is 0 Å². The average molecular weight is 640 g/mol. The summed E-state index contributed by atoms with van der Waals surface area (Å²) in [5.41, 5.74) is -1.70. The van der Waals surface area contributed by atoms with Crippen molar-refractivity contribution in [3.63, 3.8) is 0 Å². The third kappa shape index (κ3) is 22.4. The molecule has 0 spiro atoms. The van der Waals surface area contributed by atoms with Gasteiger partial charge in [-0.1, -0.05) is 169 Å². The molecule has 0 saturated heterocycles. The molecular formula is C39H74ClNO3. The first-order valence-electron chi connectivity index (χ1n) is 19.0. The molecule has 0 radical (unpaired) electrons. The molecule has 0 bridgehead atoms. The smallest absolute Gasteiger partial charge is 0.214 e. The van der Waals surface area contributed by atoms with Gasteiger partial charge in [-0.05, 0) is 38.3 Å². The van der Waals surface area contributed by atoms with E-state index >= 15 is 0 Å². The number of unbranched alkanes of at least 4 members (excludes halogenated alkanes) is 22. The Bertz CT molecular complexity index is 641. The van der Waals surface area contributed by atoms with Gasteiger partial charge in [-0.15, -0.1) is 12.4 Å². The van der Waals surface area contributed by atoms with Crippen LogP contribution in [-0.4, -0.2) is 22.9 Å². The number of carbonyl (C=O) groups is 3. The maximum Gasteiger partial charge on any atom is 0.214 e. The van der Waals surface area contributed by atoms with Gasteiger partial charge in [0.1, 0.15) is 0 Å². The van der Waals surface area contributed by atoms with E-state index in [9.17, 15) is 14.4 Å². The molecule has 260 valence electrons. The van der Waals surface area contributed by atoms with Crippen molar-refractivity contribution in [1.29, 1.82) is 0 Å². The monoisotopic (exact) mass is 640 g/mol. The van der Waals surface area contributed by atoms with Crippen molar-refractivity contribution >= 4 is 29.8 Å². The summed E-state index contributed by atoms with van der Waals surface area (Å²) in [6, 6.07) is 0. The van der Waals surface area contributed by atoms with Crippen molar-refractivity contribution in [2.24, 2.45) is 0 Å². The molecule has 4 nitrogen and oxygen atoms in total. The van der Waals surface area contributed by atoms with E-state index in [1.165, 1.54) is 57.8 Å². The minimum atomic E-state index is -1.70. The lowest BCUT2D eigenvalue weighted by atomic mass is 9.78. The Kier molecular flexibility index (Phi) is 33.9. The van der Waals surface area contributed by atoms with Crippen molar-refractivity contribution in [3.8, 4) is 0 Å². The highest BCUT2D eigenvalue weighted by Crippen LogP contribution is 2.23. The van der Waals surface area contributed by atoms with E-state index in [1.807, 2.05) is 6.08 Å². The lowest BCUT2D eigenvalue weighted by Gasteiger charge is -2.30. The van der Waals surface area contributed by atoms with Crippen molar-refractivity contribution in [2.45, 2.75) is 219 Å². The van der Waals surface area contributed by atoms with Crippen molar-refractivity contribution in [2.75, 3.05) is 0 Å². The molecule has 5 heteroatoms. The van der Waals surface area contributed by atoms with Gasteiger partial charge in [0.2, 0.25) is 5.54 Å². The molecule has 0 atom stereocenters. The minimum Gasteiger partial charge on any atom is -0.367 e. The van der Waals surface area contributed by atoms with Gasteiger partial charge >= 0.3 is 0 Å². The summed E-state index contributed by atoms with van der Waals surface area (Å²) in [5.74, 6) is -0.612. The predicted molar refractivity (Wildman–Crippen MR) is 194 cm³/mol. The average Bonchev–Trinajstić information content (AvgIpc) is 3.00. The Labute approximate surface area is 280 Å². The van der Waals surface area contributed by atoms with Crippen LogP contribution in [0.1, 0.15) is 214 Å². The van der Waals surface area contributed by atoms with E-state index < -0.39 is 5.54 Å². The molecule has 1 N–H and O–H groups in total. The maximum atomic E-state index is 13.9. The largest absolute Gasteiger partial charge is 0.367 e. The van der Waals surface area contributed by atoms with Crippen LogP contribution >= 0.6 is 12.4 Å². The van der Waals surface area contributed by atoms with Gasteiger partial charge in [-0.25, -0.2) is 0 Å². The third-order valence-corrected chi connectivity index (χ3v) is 8.92. The molecule has 0 aliphatic rings. The number of hydrogen-bond donors (Lipinski definition) is 1. The fourth-order valence-corrected chi connectivity index (χ4v) is 5.95. The number of carbonyl (C=O) groups excluding carboxylic acids is 3. The van der Waals surface area contributed by atoms with E-state index in [0.717, 1.165) is 109 Å². The first-order valence-corrected chi connectivity index (χ1v) is 19.0. The van der Waals surface area contributed by atoms with Crippen LogP contribution in [0.15, 0.2) is 12.3 Å². The third-order valence-electron chi connectivity index (χ3n) is 8.92. The standard InChI is InChI=1S/C39H73NO3.ClH/c1-5-9-13-17-18-19-20-21-22-23-27-31-35-40-39(36(41)32-28-24-14-10-6-2,37(42)33-29-25-15-11-7-3)38(43)34-30-26-16-12-8-4;/h31,35,40H,5-30,32-34H2,1-4H3;1H. The second-order valence-electron chi connectivity index (χ2n) is 13.0. The number of allylic oxidation sites excluding steroid dienone is 1. The zero-order chi connectivity index (χ0) is 31.9. The maximum absolute atomic E-state index is 13.9. The molecule has 0 aromatic carbocycles. The van der Waals surface area contributed by atoms with Crippen LogP contribution in [0.2, 0.25) is 0 Å². The molecule has 0 unspecified atom stereocenters. The van der Waals surface area contributed by atoms with E-state index in [2.05, 4.69) is 33.0 Å². The second kappa shape index (κ2) is 33.2. The lowest BCUT2D eigenvalue weighted by molar-refractivity contribution is -0.144. The molecule has 0 rings (SSSR count). The predicted octanol–water partition coefficient (Wildman–Crippen LogP) is 12.4. The van der Waals surface area contributed by atoms with Gasteiger partial charge in [0, 0.05) is 19.3 Å². The highest BCUT2D eigenvalue weighted by Gasteiger charge is 2.49. The Hall–Kier alpha value is -1.16. The van der Waals surface area contributed by atoms with Crippen molar-refractivity contribution < 1.29 is 14.4 Å². The molecule has 44 heavy (non-hydrogen) atoms. The molecule has 0 aromatic heterocycles. The van der Waals surface area contributed by atoms with E-state index in [4.69, 9.17) is 0 Å². The van der Waals surface area contributed by atoms with Crippen LogP contribution in [0, 0.1) is 0 Å². The topological polar surface area (TPSA) is 63.2 Å². The zero-order valence-corrected chi connectivity index (χ0v) is 30.6. The Morgan fingerprint density at radius 1 is 0.432 bits per heavy atom. The van der Waals surface area contributed by atoms with Crippen LogP contribution in [0.5, 0.6) is 0 Å². The lowest BCUT2D eigenvalue weighted by Crippen LogP contribution is -2.62. The van der Waals surface area contributed by atoms with E-state index in [-0.39, 0.29) is 29.8 Å². The first kappa shape index (κ1) is 45.0. The highest BCUT2D eigenvalue weighted by atomic mass is 35.5. The SMILES string of the molecule is CCCCCCCCCCCCC=CNC(C(=O)CCCCCCC)(C(=O)CCCCCCC)C(=O)CCCCCCC.Cl. The second-order valence-corrected chi connectivity index (χ2v) is 13.0. The van der Waals surface area contributed by atoms with Crippen LogP contribution < -0.4 is 5.32 Å². The van der Waals surface area contributed by atoms with Crippen LogP contribution in [0.4, 0.5) is 0 Å². The first-order chi connectivity index (χ1) is 21.0. The van der Waals surface area contributed by atoms with Gasteiger partial charge in [-0.3, -0.25) is 14.4 Å². The summed E-state index contributed by atoms with van der Waals surface area (Å²) in [6.45, 7) is 8.81. The molecule has 0 fully saturated rings. The molecule has 0 aromatic rings. The number of rotatable bonds is 34.